The molecule has 1 aliphatic rings. The van der Waals surface area contributed by atoms with Crippen LogP contribution in [0.5, 0.6) is 0 Å². The number of ether oxygens (including phenoxy) is 2. The summed E-state index contributed by atoms with van der Waals surface area (Å²) in [5.41, 5.74) is 2.01. The monoisotopic (exact) mass is 430 g/mol. The number of pyridine rings is 1. The summed E-state index contributed by atoms with van der Waals surface area (Å²) in [6.07, 6.45) is 6.57. The first-order valence-electron chi connectivity index (χ1n) is 11.0. The molecule has 2 bridgehead atoms. The molecule has 3 heterocycles. The van der Waals surface area contributed by atoms with Gasteiger partial charge in [-0.3, -0.25) is 19.4 Å². The fourth-order valence-electron chi connectivity index (χ4n) is 3.53. The summed E-state index contributed by atoms with van der Waals surface area (Å²) in [4.78, 5) is 18.3. The predicted octanol–water partition coefficient (Wildman–Crippen LogP) is 1.64. The van der Waals surface area contributed by atoms with Crippen molar-refractivity contribution in [1.82, 2.24) is 30.2 Å². The van der Waals surface area contributed by atoms with E-state index in [4.69, 9.17) is 9.47 Å². The van der Waals surface area contributed by atoms with E-state index >= 15 is 0 Å². The van der Waals surface area contributed by atoms with E-state index in [1.165, 1.54) is 5.56 Å². The first kappa shape index (κ1) is 23.3. The van der Waals surface area contributed by atoms with Gasteiger partial charge in [-0.1, -0.05) is 12.1 Å². The molecule has 1 N–H and O–H groups in total. The third-order valence-electron chi connectivity index (χ3n) is 5.41. The van der Waals surface area contributed by atoms with Crippen molar-refractivity contribution >= 4 is 5.97 Å². The van der Waals surface area contributed by atoms with Crippen LogP contribution < -0.4 is 5.32 Å². The molecule has 9 heteroatoms. The number of hydrogen-bond acceptors (Lipinski definition) is 8. The van der Waals surface area contributed by atoms with Crippen LogP contribution in [-0.4, -0.2) is 69.7 Å². The van der Waals surface area contributed by atoms with Gasteiger partial charge in [-0.2, -0.15) is 0 Å². The van der Waals surface area contributed by atoms with Gasteiger partial charge < -0.3 is 14.8 Å². The highest BCUT2D eigenvalue weighted by Crippen LogP contribution is 2.14. The number of carbonyl (C=O) groups excluding carboxylic acids is 1. The smallest absolute Gasteiger partial charge is 0.305 e. The number of hydrogen-bond donors (Lipinski definition) is 1. The molecule has 3 rings (SSSR count). The Bertz CT molecular complexity index is 800. The first-order valence-corrected chi connectivity index (χ1v) is 11.0. The lowest BCUT2D eigenvalue weighted by Gasteiger charge is -2.29. The van der Waals surface area contributed by atoms with E-state index in [2.05, 4.69) is 39.5 Å². The zero-order chi connectivity index (χ0) is 22.1. The fourth-order valence-corrected chi connectivity index (χ4v) is 3.53. The minimum Gasteiger partial charge on any atom is -0.464 e. The van der Waals surface area contributed by atoms with Crippen molar-refractivity contribution in [2.24, 2.45) is 5.92 Å². The van der Waals surface area contributed by atoms with Crippen LogP contribution in [0, 0.1) is 5.92 Å². The van der Waals surface area contributed by atoms with Gasteiger partial charge in [0.05, 0.1) is 18.9 Å². The zero-order valence-electron chi connectivity index (χ0n) is 18.7. The summed E-state index contributed by atoms with van der Waals surface area (Å²) < 4.78 is 13.5. The number of carbonyl (C=O) groups is 1. The van der Waals surface area contributed by atoms with E-state index in [-0.39, 0.29) is 24.0 Å². The van der Waals surface area contributed by atoms with Crippen molar-refractivity contribution in [1.29, 1.82) is 0 Å². The summed E-state index contributed by atoms with van der Waals surface area (Å²) in [7, 11) is 2.10. The maximum absolute atomic E-state index is 11.9. The van der Waals surface area contributed by atoms with Crippen LogP contribution >= 0.6 is 0 Å². The lowest BCUT2D eigenvalue weighted by molar-refractivity contribution is -0.144. The summed E-state index contributed by atoms with van der Waals surface area (Å²) in [5, 5.41) is 11.8. The first-order chi connectivity index (χ1) is 15.0. The van der Waals surface area contributed by atoms with Crippen LogP contribution in [-0.2, 0) is 34.0 Å². The van der Waals surface area contributed by atoms with Crippen molar-refractivity contribution in [3.05, 3.63) is 42.0 Å². The molecule has 0 aliphatic carbocycles. The molecule has 2 aromatic heterocycles. The molecule has 0 unspecified atom stereocenters. The average Bonchev–Trinajstić information content (AvgIpc) is 3.21. The maximum Gasteiger partial charge on any atom is 0.305 e. The normalized spacial score (nSPS) is 24.1. The molecule has 0 amide bonds. The lowest BCUT2D eigenvalue weighted by atomic mass is 10.0. The fraction of sp³-hybridized carbons (Fsp3) is 0.636. The highest BCUT2D eigenvalue weighted by Gasteiger charge is 2.22. The Morgan fingerprint density at radius 2 is 2.10 bits per heavy atom. The third kappa shape index (κ3) is 8.01. The molecular weight excluding hydrogens is 396 g/mol. The van der Waals surface area contributed by atoms with E-state index in [1.54, 1.807) is 4.68 Å². The van der Waals surface area contributed by atoms with Gasteiger partial charge in [0, 0.05) is 51.0 Å². The summed E-state index contributed by atoms with van der Waals surface area (Å²) in [5.74, 6) is 0.0778. The Balaban J connectivity index is 1.65. The van der Waals surface area contributed by atoms with Gasteiger partial charge in [0.15, 0.2) is 0 Å². The predicted molar refractivity (Wildman–Crippen MR) is 116 cm³/mol. The number of nitrogens with zero attached hydrogens (tertiary/aromatic N) is 5. The molecule has 0 saturated heterocycles. The molecule has 2 aromatic rings. The number of likely N-dealkylation sites (N-methyl/N-ethyl adjacent to an activating group) is 1. The topological polar surface area (TPSA) is 94.4 Å². The van der Waals surface area contributed by atoms with Crippen molar-refractivity contribution in [3.63, 3.8) is 0 Å². The van der Waals surface area contributed by atoms with Gasteiger partial charge in [-0.15, -0.1) is 5.10 Å². The van der Waals surface area contributed by atoms with Crippen LogP contribution in [0.25, 0.3) is 0 Å². The number of fused-ring (bicyclic) bond motifs is 2. The van der Waals surface area contributed by atoms with E-state index in [0.29, 0.717) is 32.6 Å². The van der Waals surface area contributed by atoms with Crippen molar-refractivity contribution < 1.29 is 14.3 Å². The molecule has 0 saturated carbocycles. The van der Waals surface area contributed by atoms with Crippen LogP contribution in [0.1, 0.15) is 37.9 Å². The van der Waals surface area contributed by atoms with Gasteiger partial charge >= 0.3 is 5.97 Å². The molecule has 31 heavy (non-hydrogen) atoms. The SMILES string of the molecule is C[C@H]1COC(=O)CCCn2cc(nn2)CO[C@@H](CN(C)Cc2ccncc2)[C@@H](C)CN1. The van der Waals surface area contributed by atoms with E-state index in [1.807, 2.05) is 37.6 Å². The highest BCUT2D eigenvalue weighted by molar-refractivity contribution is 5.69. The number of rotatable bonds is 4. The van der Waals surface area contributed by atoms with Crippen molar-refractivity contribution in [2.45, 2.75) is 58.5 Å². The van der Waals surface area contributed by atoms with E-state index in [0.717, 1.165) is 25.3 Å². The summed E-state index contributed by atoms with van der Waals surface area (Å²) >= 11 is 0. The zero-order valence-corrected chi connectivity index (χ0v) is 18.7. The largest absolute Gasteiger partial charge is 0.464 e. The molecule has 1 aliphatic heterocycles. The molecule has 0 fully saturated rings. The van der Waals surface area contributed by atoms with Gasteiger partial charge in [0.2, 0.25) is 0 Å². The van der Waals surface area contributed by atoms with E-state index < -0.39 is 0 Å². The average molecular weight is 431 g/mol. The Morgan fingerprint density at radius 1 is 1.29 bits per heavy atom. The van der Waals surface area contributed by atoms with Gasteiger partial charge in [-0.25, -0.2) is 0 Å². The third-order valence-corrected chi connectivity index (χ3v) is 5.41. The highest BCUT2D eigenvalue weighted by atomic mass is 16.5. The van der Waals surface area contributed by atoms with Crippen LogP contribution in [0.2, 0.25) is 0 Å². The van der Waals surface area contributed by atoms with Crippen LogP contribution in [0.3, 0.4) is 0 Å². The number of nitrogens with one attached hydrogen (secondary N) is 1. The standard InChI is InChI=1S/C22H34N6O3/c1-17-11-24-18(2)15-31-22(29)5-4-10-28-13-20(25-26-28)16-30-21(17)14-27(3)12-19-6-8-23-9-7-19/h6-9,13,17-18,21,24H,4-5,10-12,14-16H2,1-3H3/t17-,18-,21-/m0/s1. The lowest BCUT2D eigenvalue weighted by Crippen LogP contribution is -2.42. The van der Waals surface area contributed by atoms with Gasteiger partial charge in [0.1, 0.15) is 12.3 Å². The van der Waals surface area contributed by atoms with Crippen molar-refractivity contribution in [2.75, 3.05) is 26.7 Å². The van der Waals surface area contributed by atoms with Crippen LogP contribution in [0.15, 0.2) is 30.7 Å². The number of esters is 1. The second-order valence-electron chi connectivity index (χ2n) is 8.45. The minimum atomic E-state index is -0.173. The molecule has 9 nitrogen and oxygen atoms in total. The van der Waals surface area contributed by atoms with E-state index in [9.17, 15) is 4.79 Å². The number of cyclic esters (lactones) is 1. The number of aryl methyl sites for hydroxylation is 1. The van der Waals surface area contributed by atoms with Gasteiger partial charge in [-0.05, 0) is 44.0 Å². The molecule has 3 atom stereocenters. The molecule has 170 valence electrons. The Labute approximate surface area is 184 Å². The molecular formula is C22H34N6O3. The quantitative estimate of drug-likeness (QED) is 0.732. The van der Waals surface area contributed by atoms with Crippen molar-refractivity contribution in [3.8, 4) is 0 Å². The molecule has 0 aromatic carbocycles. The Kier molecular flexibility index (Phi) is 8.93. The Morgan fingerprint density at radius 3 is 2.90 bits per heavy atom. The second-order valence-corrected chi connectivity index (χ2v) is 8.45. The summed E-state index contributed by atoms with van der Waals surface area (Å²) in [6.45, 7) is 7.99. The summed E-state index contributed by atoms with van der Waals surface area (Å²) in [6, 6.07) is 4.15. The minimum absolute atomic E-state index is 0.00661. The maximum atomic E-state index is 11.9. The second kappa shape index (κ2) is 11.9. The Hall–Kier alpha value is -2.36. The van der Waals surface area contributed by atoms with Crippen LogP contribution in [0.4, 0.5) is 0 Å². The number of aromatic nitrogens is 4. The van der Waals surface area contributed by atoms with Gasteiger partial charge in [0.25, 0.3) is 0 Å². The molecule has 0 spiro atoms. The molecule has 0 radical (unpaired) electrons.